The maximum atomic E-state index is 12.5. The molecule has 0 atom stereocenters. The van der Waals surface area contributed by atoms with E-state index in [1.807, 2.05) is 60.7 Å². The van der Waals surface area contributed by atoms with E-state index in [2.05, 4.69) is 16.8 Å². The molecule has 2 nitrogen and oxygen atoms in total. The van der Waals surface area contributed by atoms with Crippen molar-refractivity contribution in [2.24, 2.45) is 0 Å². The van der Waals surface area contributed by atoms with Crippen LogP contribution in [0, 0.1) is 0 Å². The topological polar surface area (TPSA) is 29.1 Å². The van der Waals surface area contributed by atoms with Crippen molar-refractivity contribution in [1.82, 2.24) is 5.32 Å². The molecule has 0 spiro atoms. The number of rotatable bonds is 5. The molecule has 0 bridgehead atoms. The Labute approximate surface area is 134 Å². The maximum absolute atomic E-state index is 12.5. The van der Waals surface area contributed by atoms with Crippen molar-refractivity contribution in [1.29, 1.82) is 0 Å². The minimum absolute atomic E-state index is 0.0176. The third kappa shape index (κ3) is 3.43. The van der Waals surface area contributed by atoms with Gasteiger partial charge in [0.2, 0.25) is 0 Å². The highest BCUT2D eigenvalue weighted by Crippen LogP contribution is 2.23. The van der Waals surface area contributed by atoms with Gasteiger partial charge in [0, 0.05) is 17.0 Å². The molecule has 22 heavy (non-hydrogen) atoms. The van der Waals surface area contributed by atoms with Crippen LogP contribution in [0.1, 0.15) is 15.2 Å². The highest BCUT2D eigenvalue weighted by Gasteiger charge is 2.11. The smallest absolute Gasteiger partial charge is 0.251 e. The molecule has 3 aromatic rings. The zero-order chi connectivity index (χ0) is 15.2. The van der Waals surface area contributed by atoms with Crippen LogP contribution in [-0.4, -0.2) is 12.5 Å². The van der Waals surface area contributed by atoms with E-state index in [1.54, 1.807) is 11.3 Å². The molecular weight excluding hydrogens is 290 g/mol. The second-order valence-electron chi connectivity index (χ2n) is 5.00. The zero-order valence-corrected chi connectivity index (χ0v) is 13.0. The lowest BCUT2D eigenvalue weighted by molar-refractivity contribution is 0.0955. The summed E-state index contributed by atoms with van der Waals surface area (Å²) in [5.41, 5.74) is 2.75. The van der Waals surface area contributed by atoms with Crippen LogP contribution in [-0.2, 0) is 6.42 Å². The summed E-state index contributed by atoms with van der Waals surface area (Å²) in [6.45, 7) is 0.655. The fourth-order valence-corrected chi connectivity index (χ4v) is 3.11. The van der Waals surface area contributed by atoms with Crippen molar-refractivity contribution in [3.8, 4) is 11.1 Å². The van der Waals surface area contributed by atoms with Crippen molar-refractivity contribution >= 4 is 17.2 Å². The van der Waals surface area contributed by atoms with Gasteiger partial charge in [-0.05, 0) is 35.1 Å². The molecule has 3 heteroatoms. The van der Waals surface area contributed by atoms with Gasteiger partial charge in [-0.1, -0.05) is 54.6 Å². The van der Waals surface area contributed by atoms with Crippen LogP contribution in [0.25, 0.3) is 11.1 Å². The van der Waals surface area contributed by atoms with E-state index in [4.69, 9.17) is 0 Å². The molecular formula is C19H17NOS. The number of nitrogens with one attached hydrogen (secondary N) is 1. The van der Waals surface area contributed by atoms with Crippen LogP contribution in [0.2, 0.25) is 0 Å². The standard InChI is InChI=1S/C19H17NOS/c21-19(20-13-12-16-9-6-14-22-16)18-11-5-4-10-17(18)15-7-2-1-3-8-15/h1-11,14H,12-13H2,(H,20,21). The van der Waals surface area contributed by atoms with Gasteiger partial charge in [-0.3, -0.25) is 4.79 Å². The van der Waals surface area contributed by atoms with Gasteiger partial charge in [0.15, 0.2) is 0 Å². The van der Waals surface area contributed by atoms with Gasteiger partial charge in [0.1, 0.15) is 0 Å². The summed E-state index contributed by atoms with van der Waals surface area (Å²) in [6.07, 6.45) is 0.872. The van der Waals surface area contributed by atoms with Crippen molar-refractivity contribution in [2.75, 3.05) is 6.54 Å². The van der Waals surface area contributed by atoms with Crippen molar-refractivity contribution in [2.45, 2.75) is 6.42 Å². The van der Waals surface area contributed by atoms with Crippen molar-refractivity contribution in [3.05, 3.63) is 82.6 Å². The molecule has 1 amide bonds. The number of carbonyl (C=O) groups excluding carboxylic acids is 1. The number of amides is 1. The van der Waals surface area contributed by atoms with Crippen molar-refractivity contribution < 1.29 is 4.79 Å². The predicted molar refractivity (Wildman–Crippen MR) is 92.2 cm³/mol. The third-order valence-electron chi connectivity index (χ3n) is 3.49. The van der Waals surface area contributed by atoms with Gasteiger partial charge in [-0.2, -0.15) is 0 Å². The summed E-state index contributed by atoms with van der Waals surface area (Å²) in [7, 11) is 0. The van der Waals surface area contributed by atoms with Crippen molar-refractivity contribution in [3.63, 3.8) is 0 Å². The second-order valence-corrected chi connectivity index (χ2v) is 6.03. The third-order valence-corrected chi connectivity index (χ3v) is 4.43. The molecule has 0 aliphatic rings. The Hall–Kier alpha value is -2.39. The molecule has 0 fully saturated rings. The lowest BCUT2D eigenvalue weighted by Gasteiger charge is -2.10. The summed E-state index contributed by atoms with van der Waals surface area (Å²) >= 11 is 1.72. The normalized spacial score (nSPS) is 10.4. The maximum Gasteiger partial charge on any atom is 0.251 e. The van der Waals surface area contributed by atoms with Gasteiger partial charge in [0.05, 0.1) is 0 Å². The van der Waals surface area contributed by atoms with E-state index in [0.29, 0.717) is 6.54 Å². The average Bonchev–Trinajstić information content (AvgIpc) is 3.09. The summed E-state index contributed by atoms with van der Waals surface area (Å²) in [6, 6.07) is 21.9. The number of carbonyl (C=O) groups is 1. The molecule has 0 unspecified atom stereocenters. The number of benzene rings is 2. The summed E-state index contributed by atoms with van der Waals surface area (Å²) < 4.78 is 0. The Morgan fingerprint density at radius 2 is 1.68 bits per heavy atom. The first-order chi connectivity index (χ1) is 10.8. The summed E-state index contributed by atoms with van der Waals surface area (Å²) in [5, 5.41) is 5.07. The Morgan fingerprint density at radius 1 is 0.909 bits per heavy atom. The fourth-order valence-electron chi connectivity index (χ4n) is 2.40. The zero-order valence-electron chi connectivity index (χ0n) is 12.2. The van der Waals surface area contributed by atoms with Crippen LogP contribution in [0.15, 0.2) is 72.1 Å². The summed E-state index contributed by atoms with van der Waals surface area (Å²) in [4.78, 5) is 13.7. The van der Waals surface area contributed by atoms with Gasteiger partial charge in [0.25, 0.3) is 5.91 Å². The Balaban J connectivity index is 1.72. The molecule has 3 rings (SSSR count). The SMILES string of the molecule is O=C(NCCc1cccs1)c1ccccc1-c1ccccc1. The quantitative estimate of drug-likeness (QED) is 0.744. The molecule has 1 aromatic heterocycles. The molecule has 0 aliphatic carbocycles. The minimum atomic E-state index is -0.0176. The fraction of sp³-hybridized carbons (Fsp3) is 0.105. The van der Waals surface area contributed by atoms with E-state index in [1.165, 1.54) is 4.88 Å². The van der Waals surface area contributed by atoms with Crippen LogP contribution in [0.5, 0.6) is 0 Å². The average molecular weight is 307 g/mol. The van der Waals surface area contributed by atoms with Crippen LogP contribution in [0.4, 0.5) is 0 Å². The van der Waals surface area contributed by atoms with Gasteiger partial charge in [-0.25, -0.2) is 0 Å². The van der Waals surface area contributed by atoms with Gasteiger partial charge >= 0.3 is 0 Å². The first-order valence-corrected chi connectivity index (χ1v) is 8.17. The largest absolute Gasteiger partial charge is 0.352 e. The van der Waals surface area contributed by atoms with E-state index < -0.39 is 0 Å². The first kappa shape index (κ1) is 14.5. The first-order valence-electron chi connectivity index (χ1n) is 7.29. The minimum Gasteiger partial charge on any atom is -0.352 e. The Kier molecular flexibility index (Phi) is 4.66. The monoisotopic (exact) mass is 307 g/mol. The van der Waals surface area contributed by atoms with Crippen LogP contribution < -0.4 is 5.32 Å². The molecule has 110 valence electrons. The van der Waals surface area contributed by atoms with E-state index in [0.717, 1.165) is 23.1 Å². The molecule has 0 saturated carbocycles. The van der Waals surface area contributed by atoms with Gasteiger partial charge in [-0.15, -0.1) is 11.3 Å². The second kappa shape index (κ2) is 7.05. The number of hydrogen-bond donors (Lipinski definition) is 1. The Morgan fingerprint density at radius 3 is 2.45 bits per heavy atom. The lowest BCUT2D eigenvalue weighted by Crippen LogP contribution is -2.26. The Bertz CT molecular complexity index is 735. The van der Waals surface area contributed by atoms with E-state index >= 15 is 0 Å². The molecule has 2 aromatic carbocycles. The molecule has 1 heterocycles. The van der Waals surface area contributed by atoms with Crippen LogP contribution in [0.3, 0.4) is 0 Å². The van der Waals surface area contributed by atoms with Crippen LogP contribution >= 0.6 is 11.3 Å². The number of hydrogen-bond acceptors (Lipinski definition) is 2. The molecule has 0 aliphatic heterocycles. The molecule has 1 N–H and O–H groups in total. The van der Waals surface area contributed by atoms with E-state index in [-0.39, 0.29) is 5.91 Å². The van der Waals surface area contributed by atoms with Gasteiger partial charge < -0.3 is 5.32 Å². The predicted octanol–water partition coefficient (Wildman–Crippen LogP) is 4.39. The lowest BCUT2D eigenvalue weighted by atomic mass is 9.99. The molecule has 0 radical (unpaired) electrons. The van der Waals surface area contributed by atoms with E-state index in [9.17, 15) is 4.79 Å². The highest BCUT2D eigenvalue weighted by molar-refractivity contribution is 7.09. The summed E-state index contributed by atoms with van der Waals surface area (Å²) in [5.74, 6) is -0.0176. The number of thiophene rings is 1. The highest BCUT2D eigenvalue weighted by atomic mass is 32.1. The molecule has 0 saturated heterocycles.